The molecule has 0 aliphatic heterocycles. The molecule has 4 aliphatic rings. The molecule has 1 N–H and O–H groups in total. The topological polar surface area (TPSA) is 72.8 Å². The van der Waals surface area contributed by atoms with Crippen molar-refractivity contribution in [1.29, 1.82) is 0 Å². The van der Waals surface area contributed by atoms with Crippen molar-refractivity contribution in [3.63, 3.8) is 0 Å². The maximum atomic E-state index is 11.6. The molecule has 4 aliphatic carbocycles. The van der Waals surface area contributed by atoms with Crippen molar-refractivity contribution in [2.45, 2.75) is 102 Å². The Morgan fingerprint density at radius 2 is 1.66 bits per heavy atom. The summed E-state index contributed by atoms with van der Waals surface area (Å²) in [6.07, 6.45) is 6.84. The number of esters is 2. The van der Waals surface area contributed by atoms with Gasteiger partial charge in [-0.1, -0.05) is 29.8 Å². The van der Waals surface area contributed by atoms with Gasteiger partial charge in [0.15, 0.2) is 0 Å². The number of aliphatic hydroxyl groups is 1. The van der Waals surface area contributed by atoms with E-state index in [-0.39, 0.29) is 35.0 Å². The Kier molecular flexibility index (Phi) is 5.38. The van der Waals surface area contributed by atoms with Crippen molar-refractivity contribution < 1.29 is 24.2 Å². The average molecular weight is 471 g/mol. The van der Waals surface area contributed by atoms with Gasteiger partial charge in [0, 0.05) is 25.7 Å². The summed E-state index contributed by atoms with van der Waals surface area (Å²) in [5.41, 5.74) is -0.0169. The number of hydrogen-bond acceptors (Lipinski definition) is 5. The second-order valence-corrected chi connectivity index (χ2v) is 12.0. The van der Waals surface area contributed by atoms with Gasteiger partial charge < -0.3 is 14.6 Å². The predicted octanol–water partition coefficient (Wildman–Crippen LogP) is 4.38. The number of carbonyl (C=O) groups is 2. The van der Waals surface area contributed by atoms with E-state index in [9.17, 15) is 14.7 Å². The van der Waals surface area contributed by atoms with Crippen molar-refractivity contribution in [1.82, 2.24) is 0 Å². The Hall–Kier alpha value is -0.620. The SMILES string of the molecule is CC(=O)OC1CC[C@]2(C)[C@@H]3CC[C@]4(C)C(OC(C)=O)CC[C@H]4[C@@H]3CC(O)C2(Br)C1. The lowest BCUT2D eigenvalue weighted by atomic mass is 9.44. The van der Waals surface area contributed by atoms with Crippen molar-refractivity contribution in [3.8, 4) is 0 Å². The minimum absolute atomic E-state index is 0.00579. The second kappa shape index (κ2) is 7.22. The number of halogens is 1. The zero-order valence-electron chi connectivity index (χ0n) is 18.1. The fourth-order valence-electron chi connectivity index (χ4n) is 7.88. The molecular formula is C23H35BrO5. The Morgan fingerprint density at radius 1 is 0.966 bits per heavy atom. The fourth-order valence-corrected chi connectivity index (χ4v) is 8.92. The molecule has 0 aromatic carbocycles. The molecule has 4 saturated carbocycles. The van der Waals surface area contributed by atoms with E-state index in [1.807, 2.05) is 0 Å². The maximum Gasteiger partial charge on any atom is 0.302 e. The van der Waals surface area contributed by atoms with Crippen LogP contribution in [0.1, 0.15) is 79.1 Å². The van der Waals surface area contributed by atoms with Gasteiger partial charge in [-0.2, -0.15) is 0 Å². The zero-order valence-corrected chi connectivity index (χ0v) is 19.7. The van der Waals surface area contributed by atoms with Gasteiger partial charge in [0.25, 0.3) is 0 Å². The van der Waals surface area contributed by atoms with Gasteiger partial charge in [-0.05, 0) is 68.1 Å². The van der Waals surface area contributed by atoms with E-state index in [0.717, 1.165) is 44.9 Å². The largest absolute Gasteiger partial charge is 0.463 e. The number of carbonyl (C=O) groups excluding carboxylic acids is 2. The molecule has 4 fully saturated rings. The van der Waals surface area contributed by atoms with Crippen LogP contribution in [-0.4, -0.2) is 39.7 Å². The van der Waals surface area contributed by atoms with E-state index >= 15 is 0 Å². The van der Waals surface area contributed by atoms with E-state index in [4.69, 9.17) is 9.47 Å². The van der Waals surface area contributed by atoms with Gasteiger partial charge in [0.05, 0.1) is 10.4 Å². The molecule has 6 heteroatoms. The molecule has 0 aromatic rings. The number of rotatable bonds is 2. The monoisotopic (exact) mass is 470 g/mol. The minimum atomic E-state index is -0.470. The summed E-state index contributed by atoms with van der Waals surface area (Å²) >= 11 is 4.01. The van der Waals surface area contributed by atoms with Crippen LogP contribution in [0.4, 0.5) is 0 Å². The van der Waals surface area contributed by atoms with Crippen molar-refractivity contribution >= 4 is 27.9 Å². The Bertz CT molecular complexity index is 697. The summed E-state index contributed by atoms with van der Waals surface area (Å²) in [5.74, 6) is 1.04. The molecule has 0 radical (unpaired) electrons. The molecule has 4 rings (SSSR count). The van der Waals surface area contributed by atoms with Crippen LogP contribution >= 0.6 is 15.9 Å². The van der Waals surface area contributed by atoms with Crippen LogP contribution in [0.25, 0.3) is 0 Å². The summed E-state index contributed by atoms with van der Waals surface area (Å²) in [6, 6.07) is 0. The van der Waals surface area contributed by atoms with Crippen LogP contribution in [0.5, 0.6) is 0 Å². The highest BCUT2D eigenvalue weighted by molar-refractivity contribution is 9.10. The lowest BCUT2D eigenvalue weighted by Gasteiger charge is -2.65. The molecule has 0 saturated heterocycles. The standard InChI is InChI=1S/C23H35BrO5/c1-13(25)28-15-7-10-22(4)18-8-9-21(3)17(5-6-20(21)29-14(2)26)16(18)11-19(27)23(22,24)12-15/h15-20,27H,5-12H2,1-4H3/t15?,16-,17-,18+,19?,20?,21-,22+,23?/m0/s1. The normalized spacial score (nSPS) is 51.4. The minimum Gasteiger partial charge on any atom is -0.463 e. The molecule has 0 aromatic heterocycles. The van der Waals surface area contributed by atoms with Crippen LogP contribution in [0.2, 0.25) is 0 Å². The van der Waals surface area contributed by atoms with Crippen LogP contribution in [0.15, 0.2) is 0 Å². The van der Waals surface area contributed by atoms with E-state index in [1.165, 1.54) is 13.8 Å². The first kappa shape index (κ1) is 21.6. The molecule has 0 amide bonds. The Balaban J connectivity index is 1.60. The number of fused-ring (bicyclic) bond motifs is 5. The highest BCUT2D eigenvalue weighted by Crippen LogP contribution is 2.69. The van der Waals surface area contributed by atoms with Crippen molar-refractivity contribution in [2.75, 3.05) is 0 Å². The van der Waals surface area contributed by atoms with Gasteiger partial charge in [-0.25, -0.2) is 0 Å². The van der Waals surface area contributed by atoms with Crippen LogP contribution in [0.3, 0.4) is 0 Å². The van der Waals surface area contributed by atoms with Gasteiger partial charge in [0.1, 0.15) is 12.2 Å². The van der Waals surface area contributed by atoms with Crippen molar-refractivity contribution in [3.05, 3.63) is 0 Å². The average Bonchev–Trinajstić information content (AvgIpc) is 2.93. The lowest BCUT2D eigenvalue weighted by molar-refractivity contribution is -0.176. The fraction of sp³-hybridized carbons (Fsp3) is 0.913. The maximum absolute atomic E-state index is 11.6. The van der Waals surface area contributed by atoms with Gasteiger partial charge in [-0.15, -0.1) is 0 Å². The van der Waals surface area contributed by atoms with Crippen LogP contribution in [-0.2, 0) is 19.1 Å². The van der Waals surface area contributed by atoms with E-state index in [1.54, 1.807) is 0 Å². The van der Waals surface area contributed by atoms with E-state index in [2.05, 4.69) is 29.8 Å². The first-order chi connectivity index (χ1) is 13.5. The Morgan fingerprint density at radius 3 is 2.31 bits per heavy atom. The number of hydrogen-bond donors (Lipinski definition) is 1. The molecule has 0 bridgehead atoms. The summed E-state index contributed by atoms with van der Waals surface area (Å²) in [7, 11) is 0. The first-order valence-electron chi connectivity index (χ1n) is 11.2. The Labute approximate surface area is 182 Å². The lowest BCUT2D eigenvalue weighted by Crippen LogP contribution is -2.66. The molecule has 0 spiro atoms. The molecule has 5 nitrogen and oxygen atoms in total. The third-order valence-corrected chi connectivity index (χ3v) is 11.1. The van der Waals surface area contributed by atoms with Gasteiger partial charge >= 0.3 is 11.9 Å². The zero-order chi connectivity index (χ0) is 21.2. The number of ether oxygens (including phenoxy) is 2. The molecule has 29 heavy (non-hydrogen) atoms. The molecular weight excluding hydrogens is 436 g/mol. The van der Waals surface area contributed by atoms with Crippen LogP contribution in [0, 0.1) is 28.6 Å². The molecule has 0 heterocycles. The summed E-state index contributed by atoms with van der Waals surface area (Å²) in [4.78, 5) is 23.1. The second-order valence-electron chi connectivity index (χ2n) is 10.6. The molecule has 4 unspecified atom stereocenters. The smallest absolute Gasteiger partial charge is 0.302 e. The van der Waals surface area contributed by atoms with Crippen molar-refractivity contribution in [2.24, 2.45) is 28.6 Å². The van der Waals surface area contributed by atoms with E-state index < -0.39 is 10.4 Å². The predicted molar refractivity (Wildman–Crippen MR) is 112 cm³/mol. The summed E-state index contributed by atoms with van der Waals surface area (Å²) < 4.78 is 10.9. The molecule has 164 valence electrons. The summed E-state index contributed by atoms with van der Waals surface area (Å²) in [5, 5.41) is 11.4. The quantitative estimate of drug-likeness (QED) is 0.478. The molecule has 9 atom stereocenters. The van der Waals surface area contributed by atoms with E-state index in [0.29, 0.717) is 24.2 Å². The summed E-state index contributed by atoms with van der Waals surface area (Å²) in [6.45, 7) is 7.61. The highest BCUT2D eigenvalue weighted by atomic mass is 79.9. The van der Waals surface area contributed by atoms with Gasteiger partial charge in [-0.3, -0.25) is 9.59 Å². The first-order valence-corrected chi connectivity index (χ1v) is 12.0. The third-order valence-electron chi connectivity index (χ3n) is 9.29. The van der Waals surface area contributed by atoms with Crippen LogP contribution < -0.4 is 0 Å². The third kappa shape index (κ3) is 3.19. The highest BCUT2D eigenvalue weighted by Gasteiger charge is 2.67. The van der Waals surface area contributed by atoms with Gasteiger partial charge in [0.2, 0.25) is 0 Å². The number of alkyl halides is 1. The number of aliphatic hydroxyl groups excluding tert-OH is 1.